The first-order chi connectivity index (χ1) is 15.6. The van der Waals surface area contributed by atoms with Gasteiger partial charge in [0.25, 0.3) is 0 Å². The predicted molar refractivity (Wildman–Crippen MR) is 146 cm³/mol. The molecule has 184 valence electrons. The van der Waals surface area contributed by atoms with Crippen LogP contribution in [0.3, 0.4) is 0 Å². The molecule has 2 N–H and O–H groups in total. The molecule has 0 amide bonds. The predicted octanol–water partition coefficient (Wildman–Crippen LogP) is 4.43. The summed E-state index contributed by atoms with van der Waals surface area (Å²) in [5.41, 5.74) is 3.52. The van der Waals surface area contributed by atoms with Gasteiger partial charge in [-0.1, -0.05) is 38.1 Å². The Balaban J connectivity index is 0.00000544. The van der Waals surface area contributed by atoms with Crippen LogP contribution in [0.2, 0.25) is 0 Å². The molecule has 2 aromatic rings. The van der Waals surface area contributed by atoms with Crippen LogP contribution in [-0.4, -0.2) is 51.8 Å². The van der Waals surface area contributed by atoms with Crippen molar-refractivity contribution in [1.82, 2.24) is 15.5 Å². The number of halogens is 1. The van der Waals surface area contributed by atoms with Crippen molar-refractivity contribution < 1.29 is 14.2 Å². The third kappa shape index (κ3) is 8.92. The summed E-state index contributed by atoms with van der Waals surface area (Å²) in [5.74, 6) is 2.59. The van der Waals surface area contributed by atoms with E-state index in [0.717, 1.165) is 37.7 Å². The van der Waals surface area contributed by atoms with Gasteiger partial charge < -0.3 is 24.8 Å². The van der Waals surface area contributed by atoms with Crippen molar-refractivity contribution in [3.63, 3.8) is 0 Å². The molecule has 0 saturated carbocycles. The lowest BCUT2D eigenvalue weighted by Gasteiger charge is -2.18. The van der Waals surface area contributed by atoms with Gasteiger partial charge in [0.2, 0.25) is 5.75 Å². The third-order valence-electron chi connectivity index (χ3n) is 5.27. The second-order valence-electron chi connectivity index (χ2n) is 7.36. The number of guanidine groups is 1. The minimum absolute atomic E-state index is 0. The van der Waals surface area contributed by atoms with Crippen LogP contribution < -0.4 is 24.8 Å². The molecule has 2 aromatic carbocycles. The number of rotatable bonds is 12. The van der Waals surface area contributed by atoms with Gasteiger partial charge in [-0.05, 0) is 48.8 Å². The SMILES string of the molecule is CCNC(=NCc1cc(OC)c(OC)c(OC)c1)NCc1ccc(CN(CC)CC)cc1.I. The number of ether oxygens (including phenoxy) is 3. The number of nitrogens with zero attached hydrogens (tertiary/aromatic N) is 2. The Hall–Kier alpha value is -2.20. The number of aliphatic imine (C=N–C) groups is 1. The fourth-order valence-electron chi connectivity index (χ4n) is 3.39. The van der Waals surface area contributed by atoms with Gasteiger partial charge in [0, 0.05) is 19.6 Å². The van der Waals surface area contributed by atoms with E-state index < -0.39 is 0 Å². The normalized spacial score (nSPS) is 11.1. The van der Waals surface area contributed by atoms with Gasteiger partial charge in [-0.25, -0.2) is 4.99 Å². The Morgan fingerprint density at radius 3 is 1.88 bits per heavy atom. The molecular formula is C25H39IN4O3. The van der Waals surface area contributed by atoms with Gasteiger partial charge in [0.1, 0.15) is 0 Å². The number of hydrogen-bond acceptors (Lipinski definition) is 5. The first-order valence-corrected chi connectivity index (χ1v) is 11.2. The van der Waals surface area contributed by atoms with Gasteiger partial charge in [-0.2, -0.15) is 0 Å². The fourth-order valence-corrected chi connectivity index (χ4v) is 3.39. The van der Waals surface area contributed by atoms with Crippen molar-refractivity contribution in [3.05, 3.63) is 53.1 Å². The van der Waals surface area contributed by atoms with Gasteiger partial charge in [-0.15, -0.1) is 24.0 Å². The van der Waals surface area contributed by atoms with E-state index in [-0.39, 0.29) is 24.0 Å². The summed E-state index contributed by atoms with van der Waals surface area (Å²) >= 11 is 0. The zero-order chi connectivity index (χ0) is 23.3. The Morgan fingerprint density at radius 1 is 0.818 bits per heavy atom. The van der Waals surface area contributed by atoms with E-state index in [1.807, 2.05) is 12.1 Å². The largest absolute Gasteiger partial charge is 0.493 e. The molecule has 0 heterocycles. The van der Waals surface area contributed by atoms with E-state index in [1.165, 1.54) is 11.1 Å². The summed E-state index contributed by atoms with van der Waals surface area (Å²) in [6.07, 6.45) is 0. The van der Waals surface area contributed by atoms with Crippen LogP contribution >= 0.6 is 24.0 Å². The van der Waals surface area contributed by atoms with Crippen LogP contribution in [0, 0.1) is 0 Å². The molecule has 0 unspecified atom stereocenters. The van der Waals surface area contributed by atoms with E-state index in [0.29, 0.717) is 30.3 Å². The van der Waals surface area contributed by atoms with E-state index >= 15 is 0 Å². The van der Waals surface area contributed by atoms with Crippen molar-refractivity contribution in [2.75, 3.05) is 41.0 Å². The Bertz CT molecular complexity index is 830. The Kier molecular flexibility index (Phi) is 13.6. The van der Waals surface area contributed by atoms with Crippen LogP contribution in [-0.2, 0) is 19.6 Å². The lowest BCUT2D eigenvalue weighted by atomic mass is 10.1. The summed E-state index contributed by atoms with van der Waals surface area (Å²) in [6.45, 7) is 11.5. The number of hydrogen-bond donors (Lipinski definition) is 2. The highest BCUT2D eigenvalue weighted by atomic mass is 127. The molecule has 0 aromatic heterocycles. The van der Waals surface area contributed by atoms with E-state index in [9.17, 15) is 0 Å². The first kappa shape index (κ1) is 28.8. The number of benzene rings is 2. The van der Waals surface area contributed by atoms with Crippen LogP contribution in [0.25, 0.3) is 0 Å². The molecule has 0 bridgehead atoms. The number of nitrogens with one attached hydrogen (secondary N) is 2. The topological polar surface area (TPSA) is 67.4 Å². The molecule has 8 heteroatoms. The second-order valence-corrected chi connectivity index (χ2v) is 7.36. The maximum Gasteiger partial charge on any atom is 0.203 e. The van der Waals surface area contributed by atoms with Crippen LogP contribution in [0.5, 0.6) is 17.2 Å². The molecule has 0 atom stereocenters. The monoisotopic (exact) mass is 570 g/mol. The summed E-state index contributed by atoms with van der Waals surface area (Å²) in [7, 11) is 4.83. The lowest BCUT2D eigenvalue weighted by Crippen LogP contribution is -2.36. The maximum atomic E-state index is 5.44. The molecule has 0 aliphatic carbocycles. The smallest absolute Gasteiger partial charge is 0.203 e. The number of methoxy groups -OCH3 is 3. The molecule has 0 fully saturated rings. The highest BCUT2D eigenvalue weighted by molar-refractivity contribution is 14.0. The standard InChI is InChI=1S/C25H38N4O3.HI/c1-7-26-25(27-16-19-10-12-20(13-11-19)18-29(8-2)9-3)28-17-21-14-22(30-4)24(32-6)23(15-21)31-5;/h10-15H,7-9,16-18H2,1-6H3,(H2,26,27,28);1H. The molecule has 0 saturated heterocycles. The quantitative estimate of drug-likeness (QED) is 0.224. The average Bonchev–Trinajstić information content (AvgIpc) is 2.84. The summed E-state index contributed by atoms with van der Waals surface area (Å²) in [4.78, 5) is 7.13. The third-order valence-corrected chi connectivity index (χ3v) is 5.27. The summed E-state index contributed by atoms with van der Waals surface area (Å²) < 4.78 is 16.3. The van der Waals surface area contributed by atoms with Crippen LogP contribution in [0.1, 0.15) is 37.5 Å². The lowest BCUT2D eigenvalue weighted by molar-refractivity contribution is 0.296. The minimum Gasteiger partial charge on any atom is -0.493 e. The maximum absolute atomic E-state index is 5.44. The van der Waals surface area contributed by atoms with Crippen LogP contribution in [0.15, 0.2) is 41.4 Å². The molecule has 33 heavy (non-hydrogen) atoms. The van der Waals surface area contributed by atoms with Gasteiger partial charge in [0.05, 0.1) is 27.9 Å². The van der Waals surface area contributed by atoms with Crippen LogP contribution in [0.4, 0.5) is 0 Å². The van der Waals surface area contributed by atoms with E-state index in [1.54, 1.807) is 21.3 Å². The summed E-state index contributed by atoms with van der Waals surface area (Å²) in [5, 5.41) is 6.71. The zero-order valence-corrected chi connectivity index (χ0v) is 23.1. The molecular weight excluding hydrogens is 531 g/mol. The van der Waals surface area contributed by atoms with Gasteiger partial charge >= 0.3 is 0 Å². The average molecular weight is 571 g/mol. The second kappa shape index (κ2) is 15.6. The molecule has 0 radical (unpaired) electrons. The molecule has 7 nitrogen and oxygen atoms in total. The highest BCUT2D eigenvalue weighted by Gasteiger charge is 2.13. The fraction of sp³-hybridized carbons (Fsp3) is 0.480. The highest BCUT2D eigenvalue weighted by Crippen LogP contribution is 2.38. The Labute approximate surface area is 215 Å². The van der Waals surface area contributed by atoms with Crippen molar-refractivity contribution >= 4 is 29.9 Å². The minimum atomic E-state index is 0. The van der Waals surface area contributed by atoms with Gasteiger partial charge in [0.15, 0.2) is 17.5 Å². The first-order valence-electron chi connectivity index (χ1n) is 11.2. The van der Waals surface area contributed by atoms with E-state index in [4.69, 9.17) is 19.2 Å². The van der Waals surface area contributed by atoms with Crippen molar-refractivity contribution in [1.29, 1.82) is 0 Å². The molecule has 0 aliphatic heterocycles. The summed E-state index contributed by atoms with van der Waals surface area (Å²) in [6, 6.07) is 12.6. The van der Waals surface area contributed by atoms with Crippen molar-refractivity contribution in [3.8, 4) is 17.2 Å². The van der Waals surface area contributed by atoms with Gasteiger partial charge in [-0.3, -0.25) is 4.90 Å². The van der Waals surface area contributed by atoms with E-state index in [2.05, 4.69) is 60.6 Å². The Morgan fingerprint density at radius 2 is 1.39 bits per heavy atom. The van der Waals surface area contributed by atoms with Crippen molar-refractivity contribution in [2.45, 2.75) is 40.4 Å². The molecule has 0 spiro atoms. The zero-order valence-electron chi connectivity index (χ0n) is 20.7. The van der Waals surface area contributed by atoms with Crippen molar-refractivity contribution in [2.24, 2.45) is 4.99 Å². The molecule has 2 rings (SSSR count). The molecule has 0 aliphatic rings.